The van der Waals surface area contributed by atoms with Crippen LogP contribution in [0.15, 0.2) is 47.6 Å². The van der Waals surface area contributed by atoms with Crippen LogP contribution in [0.2, 0.25) is 0 Å². The lowest BCUT2D eigenvalue weighted by Gasteiger charge is -2.23. The van der Waals surface area contributed by atoms with Gasteiger partial charge in [-0.3, -0.25) is 4.98 Å². The minimum atomic E-state index is 0.447. The molecule has 0 aliphatic rings. The number of thiocarbonyl (C=S) groups is 1. The molecule has 0 spiro atoms. The molecule has 2 rings (SSSR count). The van der Waals surface area contributed by atoms with Gasteiger partial charge in [-0.05, 0) is 35.6 Å². The van der Waals surface area contributed by atoms with Crippen LogP contribution in [-0.2, 0) is 6.54 Å². The Labute approximate surface area is 135 Å². The van der Waals surface area contributed by atoms with E-state index in [-0.39, 0.29) is 0 Å². The Kier molecular flexibility index (Phi) is 5.59. The van der Waals surface area contributed by atoms with Crippen molar-refractivity contribution in [2.45, 2.75) is 18.4 Å². The Morgan fingerprint density at radius 2 is 2.00 bits per heavy atom. The molecule has 3 nitrogen and oxygen atoms in total. The van der Waals surface area contributed by atoms with Crippen molar-refractivity contribution in [1.29, 1.82) is 0 Å². The molecule has 1 aromatic carbocycles. The number of benzene rings is 1. The van der Waals surface area contributed by atoms with Gasteiger partial charge in [0.05, 0.1) is 0 Å². The predicted octanol–water partition coefficient (Wildman–Crippen LogP) is 3.46. The fraction of sp³-hybridized carbons (Fsp3) is 0.250. The Hall–Kier alpha value is -1.59. The molecule has 1 heterocycles. The van der Waals surface area contributed by atoms with E-state index in [1.54, 1.807) is 24.2 Å². The molecule has 0 atom stereocenters. The molecular formula is C16H19N3S2. The molecule has 2 N–H and O–H groups in total. The van der Waals surface area contributed by atoms with Crippen molar-refractivity contribution in [3.8, 4) is 0 Å². The summed E-state index contributed by atoms with van der Waals surface area (Å²) >= 11 is 7.03. The molecule has 21 heavy (non-hydrogen) atoms. The second-order valence-corrected chi connectivity index (χ2v) is 6.40. The van der Waals surface area contributed by atoms with E-state index in [1.165, 1.54) is 5.56 Å². The van der Waals surface area contributed by atoms with Gasteiger partial charge in [-0.2, -0.15) is 0 Å². The number of hydrogen-bond acceptors (Lipinski definition) is 4. The van der Waals surface area contributed by atoms with E-state index in [1.807, 2.05) is 12.1 Å². The largest absolute Gasteiger partial charge is 0.389 e. The number of hydrogen-bond donors (Lipinski definition) is 1. The second kappa shape index (κ2) is 7.43. The van der Waals surface area contributed by atoms with Crippen LogP contribution in [0, 0.1) is 0 Å². The third-order valence-electron chi connectivity index (χ3n) is 3.13. The van der Waals surface area contributed by atoms with E-state index < -0.39 is 0 Å². The minimum absolute atomic E-state index is 0.447. The highest BCUT2D eigenvalue weighted by atomic mass is 32.2. The Bertz CT molecular complexity index is 614. The summed E-state index contributed by atoms with van der Waals surface area (Å²) in [5, 5.41) is 0. The topological polar surface area (TPSA) is 42.2 Å². The van der Waals surface area contributed by atoms with Crippen LogP contribution in [0.5, 0.6) is 0 Å². The SMILES string of the molecule is CCSc1cccc(N(C)Cc2ccncc2)c1C(N)=S. The molecule has 2 aromatic rings. The van der Waals surface area contributed by atoms with E-state index in [9.17, 15) is 0 Å². The second-order valence-electron chi connectivity index (χ2n) is 4.66. The average molecular weight is 317 g/mol. The number of thioether (sulfide) groups is 1. The zero-order chi connectivity index (χ0) is 15.2. The van der Waals surface area contributed by atoms with Gasteiger partial charge in [0.1, 0.15) is 4.99 Å². The van der Waals surface area contributed by atoms with Crippen LogP contribution in [-0.4, -0.2) is 22.8 Å². The highest BCUT2D eigenvalue weighted by molar-refractivity contribution is 7.99. The number of nitrogens with two attached hydrogens (primary N) is 1. The molecule has 0 saturated heterocycles. The molecule has 0 aliphatic carbocycles. The molecular weight excluding hydrogens is 298 g/mol. The molecule has 0 amide bonds. The van der Waals surface area contributed by atoms with Crippen molar-refractivity contribution < 1.29 is 0 Å². The van der Waals surface area contributed by atoms with Crippen molar-refractivity contribution >= 4 is 34.7 Å². The first kappa shape index (κ1) is 15.8. The van der Waals surface area contributed by atoms with Crippen LogP contribution < -0.4 is 10.6 Å². The van der Waals surface area contributed by atoms with Crippen molar-refractivity contribution in [1.82, 2.24) is 4.98 Å². The zero-order valence-electron chi connectivity index (χ0n) is 12.2. The fourth-order valence-electron chi connectivity index (χ4n) is 2.21. The minimum Gasteiger partial charge on any atom is -0.389 e. The summed E-state index contributed by atoms with van der Waals surface area (Å²) in [4.78, 5) is 7.81. The van der Waals surface area contributed by atoms with Gasteiger partial charge in [0.2, 0.25) is 0 Å². The van der Waals surface area contributed by atoms with E-state index in [0.717, 1.165) is 28.4 Å². The number of pyridine rings is 1. The molecule has 0 radical (unpaired) electrons. The van der Waals surface area contributed by atoms with Gasteiger partial charge in [-0.15, -0.1) is 11.8 Å². The summed E-state index contributed by atoms with van der Waals surface area (Å²) in [6.45, 7) is 2.92. The molecule has 0 bridgehead atoms. The van der Waals surface area contributed by atoms with Crippen LogP contribution >= 0.6 is 24.0 Å². The summed E-state index contributed by atoms with van der Waals surface area (Å²) in [5.74, 6) is 0.993. The third kappa shape index (κ3) is 3.95. The standard InChI is InChI=1S/C16H19N3S2/c1-3-21-14-6-4-5-13(15(14)16(17)20)19(2)11-12-7-9-18-10-8-12/h4-10H,3,11H2,1-2H3,(H2,17,20). The Morgan fingerprint density at radius 1 is 1.29 bits per heavy atom. The first-order valence-corrected chi connectivity index (χ1v) is 8.18. The van der Waals surface area contributed by atoms with Crippen LogP contribution in [0.25, 0.3) is 0 Å². The molecule has 110 valence electrons. The molecule has 0 unspecified atom stereocenters. The van der Waals surface area contributed by atoms with E-state index in [4.69, 9.17) is 18.0 Å². The Balaban J connectivity index is 2.34. The first-order chi connectivity index (χ1) is 10.1. The smallest absolute Gasteiger partial charge is 0.107 e. The molecule has 1 aromatic heterocycles. The summed E-state index contributed by atoms with van der Waals surface area (Å²) in [6.07, 6.45) is 3.61. The lowest BCUT2D eigenvalue weighted by atomic mass is 10.1. The zero-order valence-corrected chi connectivity index (χ0v) is 13.9. The summed E-state index contributed by atoms with van der Waals surface area (Å²) in [7, 11) is 2.05. The number of anilines is 1. The van der Waals surface area contributed by atoms with Crippen molar-refractivity contribution in [3.63, 3.8) is 0 Å². The summed E-state index contributed by atoms with van der Waals surface area (Å²) in [6, 6.07) is 10.2. The maximum atomic E-state index is 5.96. The maximum Gasteiger partial charge on any atom is 0.107 e. The van der Waals surface area contributed by atoms with Gasteiger partial charge in [-0.25, -0.2) is 0 Å². The molecule has 0 saturated carbocycles. The predicted molar refractivity (Wildman–Crippen MR) is 95.1 cm³/mol. The van der Waals surface area contributed by atoms with Gasteiger partial charge in [0.25, 0.3) is 0 Å². The highest BCUT2D eigenvalue weighted by Gasteiger charge is 2.14. The quantitative estimate of drug-likeness (QED) is 0.653. The first-order valence-electron chi connectivity index (χ1n) is 6.79. The van der Waals surface area contributed by atoms with Gasteiger partial charge < -0.3 is 10.6 Å². The summed E-state index contributed by atoms with van der Waals surface area (Å²) < 4.78 is 0. The van der Waals surface area contributed by atoms with Gasteiger partial charge in [0, 0.05) is 42.1 Å². The normalized spacial score (nSPS) is 10.4. The average Bonchev–Trinajstić information content (AvgIpc) is 2.48. The number of nitrogens with zero attached hydrogens (tertiary/aromatic N) is 2. The van der Waals surface area contributed by atoms with E-state index in [0.29, 0.717) is 4.99 Å². The fourth-order valence-corrected chi connectivity index (χ4v) is 3.33. The van der Waals surface area contributed by atoms with Crippen LogP contribution in [0.4, 0.5) is 5.69 Å². The van der Waals surface area contributed by atoms with Crippen LogP contribution in [0.3, 0.4) is 0 Å². The van der Waals surface area contributed by atoms with Gasteiger partial charge in [-0.1, -0.05) is 25.2 Å². The molecule has 0 fully saturated rings. The lowest BCUT2D eigenvalue weighted by molar-refractivity contribution is 0.915. The van der Waals surface area contributed by atoms with Crippen molar-refractivity contribution in [3.05, 3.63) is 53.9 Å². The molecule has 5 heteroatoms. The summed E-state index contributed by atoms with van der Waals surface area (Å²) in [5.41, 5.74) is 9.20. The third-order valence-corrected chi connectivity index (χ3v) is 4.27. The number of rotatable bonds is 6. The van der Waals surface area contributed by atoms with Gasteiger partial charge in [0.15, 0.2) is 0 Å². The van der Waals surface area contributed by atoms with E-state index in [2.05, 4.69) is 42.1 Å². The number of aromatic nitrogens is 1. The lowest BCUT2D eigenvalue weighted by Crippen LogP contribution is -2.22. The van der Waals surface area contributed by atoms with Crippen molar-refractivity contribution in [2.75, 3.05) is 17.7 Å². The highest BCUT2D eigenvalue weighted by Crippen LogP contribution is 2.31. The van der Waals surface area contributed by atoms with Gasteiger partial charge >= 0.3 is 0 Å². The Morgan fingerprint density at radius 3 is 2.62 bits per heavy atom. The van der Waals surface area contributed by atoms with Crippen molar-refractivity contribution in [2.24, 2.45) is 5.73 Å². The molecule has 0 aliphatic heterocycles. The maximum absolute atomic E-state index is 5.96. The monoisotopic (exact) mass is 317 g/mol. The van der Waals surface area contributed by atoms with Crippen LogP contribution in [0.1, 0.15) is 18.1 Å². The van der Waals surface area contributed by atoms with E-state index >= 15 is 0 Å².